The fourth-order valence-electron chi connectivity index (χ4n) is 3.74. The third kappa shape index (κ3) is 5.78. The van der Waals surface area contributed by atoms with Gasteiger partial charge in [-0.3, -0.25) is 9.36 Å². The van der Waals surface area contributed by atoms with Gasteiger partial charge in [0.1, 0.15) is 18.9 Å². The molecule has 1 aliphatic heterocycles. The summed E-state index contributed by atoms with van der Waals surface area (Å²) in [6.45, 7) is 1.53. The van der Waals surface area contributed by atoms with E-state index in [-0.39, 0.29) is 36.4 Å². The summed E-state index contributed by atoms with van der Waals surface area (Å²) < 4.78 is 26.3. The Morgan fingerprint density at radius 1 is 1.39 bits per heavy atom. The normalized spacial score (nSPS) is 22.0. The number of unbranched alkanes of at least 4 members (excludes halogenated alkanes) is 5. The van der Waals surface area contributed by atoms with Crippen LogP contribution in [-0.2, 0) is 14.3 Å². The second kappa shape index (κ2) is 11.1. The monoisotopic (exact) mass is 457 g/mol. The Balaban J connectivity index is 1.52. The number of esters is 1. The molecule has 33 heavy (non-hydrogen) atoms. The van der Waals surface area contributed by atoms with E-state index in [1.807, 2.05) is 6.92 Å². The Kier molecular flexibility index (Phi) is 8.21. The van der Waals surface area contributed by atoms with E-state index >= 15 is 0 Å². The number of aliphatic hydroxyl groups excluding tert-OH is 1. The van der Waals surface area contributed by atoms with Gasteiger partial charge in [0.25, 0.3) is 0 Å². The fraction of sp³-hybridized carbons (Fsp3) is 0.565. The number of terminal acetylenes is 1. The van der Waals surface area contributed by atoms with Gasteiger partial charge < -0.3 is 20.3 Å². The van der Waals surface area contributed by atoms with E-state index in [1.54, 1.807) is 0 Å². The number of aromatic nitrogens is 4. The predicted octanol–water partition coefficient (Wildman–Crippen LogP) is 2.50. The summed E-state index contributed by atoms with van der Waals surface area (Å²) in [7, 11) is 0. The molecular weight excluding hydrogens is 429 g/mol. The van der Waals surface area contributed by atoms with Crippen LogP contribution in [0.1, 0.15) is 64.5 Å². The zero-order valence-corrected chi connectivity index (χ0v) is 18.6. The molecule has 0 radical (unpaired) electrons. The first-order valence-electron chi connectivity index (χ1n) is 10.9. The standard InChI is InChI=1S/C23H28FN5O4/c1-3-5-6-7-8-9-10-11-12-18(31)32-14-23(4-2)16(30)13-17(33-23)29-15-26-19-20(25)27-22(24)28-21(19)29/h2,15-17,30H,6-14H2,1H3,(H2,25,27,28)/t16-,17-,23-/m1/s1. The number of anilines is 1. The van der Waals surface area contributed by atoms with Gasteiger partial charge in [0.05, 0.1) is 6.33 Å². The highest BCUT2D eigenvalue weighted by Crippen LogP contribution is 2.38. The second-order valence-corrected chi connectivity index (χ2v) is 7.91. The molecule has 10 heteroatoms. The lowest BCUT2D eigenvalue weighted by atomic mass is 9.99. The van der Waals surface area contributed by atoms with Crippen molar-refractivity contribution in [3.63, 3.8) is 0 Å². The molecule has 1 saturated heterocycles. The number of nitrogens with two attached hydrogens (primary N) is 1. The van der Waals surface area contributed by atoms with Gasteiger partial charge in [-0.15, -0.1) is 18.3 Å². The maximum Gasteiger partial charge on any atom is 0.312 e. The van der Waals surface area contributed by atoms with Crippen molar-refractivity contribution < 1.29 is 23.8 Å². The molecule has 3 heterocycles. The van der Waals surface area contributed by atoms with Crippen molar-refractivity contribution in [3.05, 3.63) is 12.4 Å². The summed E-state index contributed by atoms with van der Waals surface area (Å²) in [6, 6.07) is 0. The average Bonchev–Trinajstić information content (AvgIpc) is 3.35. The van der Waals surface area contributed by atoms with Gasteiger partial charge >= 0.3 is 12.0 Å². The third-order valence-corrected chi connectivity index (χ3v) is 5.59. The van der Waals surface area contributed by atoms with Gasteiger partial charge in [0, 0.05) is 19.3 Å². The molecule has 0 spiro atoms. The number of hydrogen-bond donors (Lipinski definition) is 2. The van der Waals surface area contributed by atoms with Gasteiger partial charge in [-0.1, -0.05) is 25.2 Å². The fourth-order valence-corrected chi connectivity index (χ4v) is 3.74. The van der Waals surface area contributed by atoms with Crippen LogP contribution in [0.2, 0.25) is 0 Å². The minimum atomic E-state index is -1.53. The van der Waals surface area contributed by atoms with E-state index < -0.39 is 30.0 Å². The van der Waals surface area contributed by atoms with Crippen LogP contribution in [0, 0.1) is 30.3 Å². The highest BCUT2D eigenvalue weighted by molar-refractivity contribution is 5.81. The Hall–Kier alpha value is -3.21. The number of nitrogens with zero attached hydrogens (tertiary/aromatic N) is 4. The number of halogens is 1. The van der Waals surface area contributed by atoms with Gasteiger partial charge in [-0.05, 0) is 19.8 Å². The van der Waals surface area contributed by atoms with Gasteiger partial charge in [0.15, 0.2) is 22.6 Å². The van der Waals surface area contributed by atoms with E-state index in [0.717, 1.165) is 32.1 Å². The van der Waals surface area contributed by atoms with E-state index in [4.69, 9.17) is 21.6 Å². The van der Waals surface area contributed by atoms with Gasteiger partial charge in [-0.25, -0.2) is 4.98 Å². The summed E-state index contributed by atoms with van der Waals surface area (Å²) in [6.07, 6.45) is 10.1. The minimum Gasteiger partial charge on any atom is -0.461 e. The van der Waals surface area contributed by atoms with E-state index in [9.17, 15) is 14.3 Å². The number of carbonyl (C=O) groups excluding carboxylic acids is 1. The lowest BCUT2D eigenvalue weighted by Crippen LogP contribution is -2.43. The molecule has 9 nitrogen and oxygen atoms in total. The number of rotatable bonds is 10. The summed E-state index contributed by atoms with van der Waals surface area (Å²) >= 11 is 0. The van der Waals surface area contributed by atoms with Gasteiger partial charge in [0.2, 0.25) is 0 Å². The van der Waals surface area contributed by atoms with Crippen LogP contribution < -0.4 is 5.73 Å². The number of ether oxygens (including phenoxy) is 2. The second-order valence-electron chi connectivity index (χ2n) is 7.91. The number of fused-ring (bicyclic) bond motifs is 1. The highest BCUT2D eigenvalue weighted by Gasteiger charge is 2.49. The highest BCUT2D eigenvalue weighted by atomic mass is 19.1. The first-order chi connectivity index (χ1) is 15.9. The minimum absolute atomic E-state index is 0.0706. The van der Waals surface area contributed by atoms with Crippen molar-refractivity contribution in [1.29, 1.82) is 0 Å². The molecule has 2 aromatic heterocycles. The van der Waals surface area contributed by atoms with Crippen molar-refractivity contribution in [1.82, 2.24) is 19.5 Å². The molecule has 0 bridgehead atoms. The number of hydrogen-bond acceptors (Lipinski definition) is 8. The summed E-state index contributed by atoms with van der Waals surface area (Å²) in [5.41, 5.74) is 4.48. The van der Waals surface area contributed by atoms with Crippen LogP contribution in [0.25, 0.3) is 11.2 Å². The molecule has 2 aromatic rings. The molecule has 3 atom stereocenters. The molecule has 3 N–H and O–H groups in total. The number of nitrogen functional groups attached to an aromatic ring is 1. The third-order valence-electron chi connectivity index (χ3n) is 5.59. The SMILES string of the molecule is C#C[C@]1(COC(=O)CCCCCCCC#CC)O[C@@H](n2cnc3c(N)nc(F)nc32)C[C@H]1O. The summed E-state index contributed by atoms with van der Waals surface area (Å²) in [5, 5.41) is 10.6. The van der Waals surface area contributed by atoms with E-state index in [1.165, 1.54) is 10.9 Å². The van der Waals surface area contributed by atoms with Crippen molar-refractivity contribution >= 4 is 23.0 Å². The average molecular weight is 458 g/mol. The number of aliphatic hydroxyl groups is 1. The van der Waals surface area contributed by atoms with Crippen molar-refractivity contribution in [2.45, 2.75) is 76.2 Å². The Morgan fingerprint density at radius 3 is 2.91 bits per heavy atom. The van der Waals surface area contributed by atoms with Crippen molar-refractivity contribution in [2.75, 3.05) is 12.3 Å². The molecule has 0 aliphatic carbocycles. The first-order valence-corrected chi connectivity index (χ1v) is 10.9. The Bertz CT molecular complexity index is 1090. The van der Waals surface area contributed by atoms with E-state index in [0.29, 0.717) is 6.42 Å². The van der Waals surface area contributed by atoms with Crippen LogP contribution in [0.15, 0.2) is 6.33 Å². The first kappa shape index (κ1) is 24.4. The molecule has 0 aromatic carbocycles. The summed E-state index contributed by atoms with van der Waals surface area (Å²) in [4.78, 5) is 23.4. The lowest BCUT2D eigenvalue weighted by Gasteiger charge is -2.26. The number of carbonyl (C=O) groups is 1. The van der Waals surface area contributed by atoms with Crippen molar-refractivity contribution in [2.24, 2.45) is 0 Å². The molecule has 176 valence electrons. The molecule has 1 fully saturated rings. The predicted molar refractivity (Wildman–Crippen MR) is 119 cm³/mol. The Morgan fingerprint density at radius 2 is 2.15 bits per heavy atom. The molecule has 0 unspecified atom stereocenters. The van der Waals surface area contributed by atoms with Crippen LogP contribution in [0.3, 0.4) is 0 Å². The number of imidazole rings is 1. The van der Waals surface area contributed by atoms with Crippen LogP contribution in [-0.4, -0.2) is 48.9 Å². The Labute approximate surface area is 191 Å². The largest absolute Gasteiger partial charge is 0.461 e. The zero-order chi connectivity index (χ0) is 23.8. The van der Waals surface area contributed by atoms with Crippen LogP contribution in [0.5, 0.6) is 0 Å². The molecule has 3 rings (SSSR count). The zero-order valence-electron chi connectivity index (χ0n) is 18.6. The van der Waals surface area contributed by atoms with Crippen LogP contribution in [0.4, 0.5) is 10.2 Å². The molecule has 0 amide bonds. The quantitative estimate of drug-likeness (QED) is 0.241. The maximum absolute atomic E-state index is 13.6. The van der Waals surface area contributed by atoms with Gasteiger partial charge in [-0.2, -0.15) is 14.4 Å². The smallest absolute Gasteiger partial charge is 0.312 e. The molecule has 0 saturated carbocycles. The summed E-state index contributed by atoms with van der Waals surface area (Å²) in [5.74, 6) is 7.81. The lowest BCUT2D eigenvalue weighted by molar-refractivity contribution is -0.156. The van der Waals surface area contributed by atoms with Crippen LogP contribution >= 0.6 is 0 Å². The topological polar surface area (TPSA) is 125 Å². The maximum atomic E-state index is 13.6. The van der Waals surface area contributed by atoms with Crippen molar-refractivity contribution in [3.8, 4) is 24.2 Å². The molecule has 1 aliphatic rings. The van der Waals surface area contributed by atoms with E-state index in [2.05, 4.69) is 32.7 Å². The molecular formula is C23H28FN5O4.